The number of hydrogen-bond donors (Lipinski definition) is 2. The number of hydrogen-bond acceptors (Lipinski definition) is 2. The van der Waals surface area contributed by atoms with Crippen LogP contribution in [0.4, 0.5) is 8.78 Å². The molecule has 0 bridgehead atoms. The van der Waals surface area contributed by atoms with E-state index >= 15 is 0 Å². The van der Waals surface area contributed by atoms with Crippen molar-refractivity contribution in [2.45, 2.75) is 19.8 Å². The van der Waals surface area contributed by atoms with E-state index in [4.69, 9.17) is 10.8 Å². The van der Waals surface area contributed by atoms with Crippen molar-refractivity contribution in [3.63, 3.8) is 0 Å². The van der Waals surface area contributed by atoms with Gasteiger partial charge in [0.05, 0.1) is 0 Å². The molecule has 11 heavy (non-hydrogen) atoms. The van der Waals surface area contributed by atoms with E-state index in [1.54, 1.807) is 0 Å². The Hall–Kier alpha value is -0.710. The molecule has 0 saturated carbocycles. The molecule has 0 aromatic carbocycles. The highest BCUT2D eigenvalue weighted by Crippen LogP contribution is 2.29. The summed E-state index contributed by atoms with van der Waals surface area (Å²) >= 11 is 0. The minimum absolute atomic E-state index is 0.0485. The summed E-state index contributed by atoms with van der Waals surface area (Å²) in [4.78, 5) is 10.3. The van der Waals surface area contributed by atoms with E-state index < -0.39 is 17.8 Å². The van der Waals surface area contributed by atoms with Crippen molar-refractivity contribution in [2.24, 2.45) is 11.1 Å². The summed E-state index contributed by atoms with van der Waals surface area (Å²) in [6.07, 6.45) is -3.08. The van der Waals surface area contributed by atoms with E-state index in [0.717, 1.165) is 6.92 Å². The van der Waals surface area contributed by atoms with E-state index in [9.17, 15) is 13.6 Å². The molecule has 0 aliphatic carbocycles. The predicted molar refractivity (Wildman–Crippen MR) is 35.4 cm³/mol. The molecule has 0 saturated heterocycles. The molecule has 0 amide bonds. The first-order chi connectivity index (χ1) is 4.95. The van der Waals surface area contributed by atoms with Gasteiger partial charge in [0, 0.05) is 0 Å². The topological polar surface area (TPSA) is 63.3 Å². The summed E-state index contributed by atoms with van der Waals surface area (Å²) in [6.45, 7) is 0.944. The molecule has 5 heteroatoms. The van der Waals surface area contributed by atoms with Gasteiger partial charge in [0.2, 0.25) is 0 Å². The molecule has 0 fully saturated rings. The van der Waals surface area contributed by atoms with Crippen molar-refractivity contribution in [2.75, 3.05) is 6.54 Å². The fourth-order valence-corrected chi connectivity index (χ4v) is 0.609. The van der Waals surface area contributed by atoms with Gasteiger partial charge in [-0.05, 0) is 19.9 Å². The third-order valence-electron chi connectivity index (χ3n) is 1.63. The molecule has 3 N–H and O–H groups in total. The van der Waals surface area contributed by atoms with Crippen LogP contribution in [0.5, 0.6) is 0 Å². The van der Waals surface area contributed by atoms with Gasteiger partial charge in [0.1, 0.15) is 5.41 Å². The van der Waals surface area contributed by atoms with Gasteiger partial charge in [-0.2, -0.15) is 0 Å². The average Bonchev–Trinajstić information content (AvgIpc) is 1.87. The van der Waals surface area contributed by atoms with Crippen molar-refractivity contribution in [1.29, 1.82) is 0 Å². The number of alkyl halides is 2. The van der Waals surface area contributed by atoms with Crippen LogP contribution in [0.3, 0.4) is 0 Å². The first-order valence-electron chi connectivity index (χ1n) is 3.16. The third-order valence-corrected chi connectivity index (χ3v) is 1.63. The summed E-state index contributed by atoms with van der Waals surface area (Å²) in [5.74, 6) is -1.50. The van der Waals surface area contributed by atoms with Gasteiger partial charge in [0.25, 0.3) is 6.43 Å². The molecule has 0 heterocycles. The molecule has 0 aliphatic rings. The van der Waals surface area contributed by atoms with Crippen LogP contribution in [-0.4, -0.2) is 24.0 Å². The number of carboxylic acids is 1. The molecule has 0 rings (SSSR count). The molecule has 0 aliphatic heterocycles. The Balaban J connectivity index is 4.38. The fraction of sp³-hybridized carbons (Fsp3) is 0.833. The van der Waals surface area contributed by atoms with E-state index in [1.807, 2.05) is 0 Å². The molecule has 66 valence electrons. The minimum Gasteiger partial charge on any atom is -0.481 e. The first-order valence-corrected chi connectivity index (χ1v) is 3.16. The maximum atomic E-state index is 12.1. The van der Waals surface area contributed by atoms with Gasteiger partial charge in [-0.1, -0.05) is 0 Å². The lowest BCUT2D eigenvalue weighted by Gasteiger charge is -2.22. The molecule has 1 unspecified atom stereocenters. The Kier molecular flexibility index (Phi) is 3.38. The normalized spacial score (nSPS) is 16.5. The largest absolute Gasteiger partial charge is 0.481 e. The van der Waals surface area contributed by atoms with Gasteiger partial charge in [-0.25, -0.2) is 8.78 Å². The maximum absolute atomic E-state index is 12.1. The van der Waals surface area contributed by atoms with Gasteiger partial charge in [-0.15, -0.1) is 0 Å². The Bertz CT molecular complexity index is 152. The van der Waals surface area contributed by atoms with Crippen LogP contribution in [0.25, 0.3) is 0 Å². The maximum Gasteiger partial charge on any atom is 0.315 e. The van der Waals surface area contributed by atoms with Gasteiger partial charge in [-0.3, -0.25) is 4.79 Å². The lowest BCUT2D eigenvalue weighted by molar-refractivity contribution is -0.158. The summed E-state index contributed by atoms with van der Waals surface area (Å²) in [6, 6.07) is 0. The second-order valence-corrected chi connectivity index (χ2v) is 2.56. The number of aliphatic carboxylic acids is 1. The summed E-state index contributed by atoms with van der Waals surface area (Å²) in [7, 11) is 0. The molecule has 0 aromatic heterocycles. The molecule has 0 spiro atoms. The van der Waals surface area contributed by atoms with Crippen LogP contribution in [0, 0.1) is 5.41 Å². The monoisotopic (exact) mass is 167 g/mol. The van der Waals surface area contributed by atoms with Crippen LogP contribution >= 0.6 is 0 Å². The van der Waals surface area contributed by atoms with Crippen molar-refractivity contribution in [3.8, 4) is 0 Å². The molecule has 0 radical (unpaired) electrons. The summed E-state index contributed by atoms with van der Waals surface area (Å²) < 4.78 is 24.2. The van der Waals surface area contributed by atoms with Crippen LogP contribution in [0.15, 0.2) is 0 Å². The Morgan fingerprint density at radius 2 is 2.18 bits per heavy atom. The zero-order chi connectivity index (χ0) is 9.07. The molecule has 1 atom stereocenters. The highest BCUT2D eigenvalue weighted by Gasteiger charge is 2.41. The Morgan fingerprint density at radius 1 is 1.73 bits per heavy atom. The predicted octanol–water partition coefficient (Wildman–Crippen LogP) is 0.691. The quantitative estimate of drug-likeness (QED) is 0.647. The van der Waals surface area contributed by atoms with Crippen molar-refractivity contribution < 1.29 is 18.7 Å². The van der Waals surface area contributed by atoms with Crippen LogP contribution in [0.2, 0.25) is 0 Å². The number of halogens is 2. The van der Waals surface area contributed by atoms with E-state index in [2.05, 4.69) is 0 Å². The van der Waals surface area contributed by atoms with Gasteiger partial charge >= 0.3 is 5.97 Å². The van der Waals surface area contributed by atoms with Crippen molar-refractivity contribution in [1.82, 2.24) is 0 Å². The fourth-order valence-electron chi connectivity index (χ4n) is 0.609. The van der Waals surface area contributed by atoms with Crippen LogP contribution in [0.1, 0.15) is 13.3 Å². The molecular weight excluding hydrogens is 156 g/mol. The van der Waals surface area contributed by atoms with Gasteiger partial charge < -0.3 is 10.8 Å². The van der Waals surface area contributed by atoms with E-state index in [1.165, 1.54) is 0 Å². The Morgan fingerprint density at radius 3 is 2.27 bits per heavy atom. The third kappa shape index (κ3) is 2.11. The highest BCUT2D eigenvalue weighted by atomic mass is 19.3. The molecule has 0 aromatic rings. The van der Waals surface area contributed by atoms with Crippen molar-refractivity contribution in [3.05, 3.63) is 0 Å². The number of carboxylic acid groups (broad SMARTS) is 1. The van der Waals surface area contributed by atoms with Crippen molar-refractivity contribution >= 4 is 5.97 Å². The number of carbonyl (C=O) groups is 1. The summed E-state index contributed by atoms with van der Waals surface area (Å²) in [5, 5.41) is 8.40. The smallest absolute Gasteiger partial charge is 0.315 e. The zero-order valence-corrected chi connectivity index (χ0v) is 6.18. The van der Waals surface area contributed by atoms with E-state index in [-0.39, 0.29) is 13.0 Å². The lowest BCUT2D eigenvalue weighted by atomic mass is 9.87. The minimum atomic E-state index is -2.87. The zero-order valence-electron chi connectivity index (χ0n) is 6.18. The second-order valence-electron chi connectivity index (χ2n) is 2.56. The molecule has 3 nitrogen and oxygen atoms in total. The number of rotatable bonds is 4. The van der Waals surface area contributed by atoms with Crippen LogP contribution < -0.4 is 5.73 Å². The molecular formula is C6H11F2NO2. The highest BCUT2D eigenvalue weighted by molar-refractivity contribution is 5.74. The SMILES string of the molecule is CC(CCN)(C(=O)O)C(F)F. The lowest BCUT2D eigenvalue weighted by Crippen LogP contribution is -2.37. The standard InChI is InChI=1S/C6H11F2NO2/c1-6(2-3-9,4(7)8)5(10)11/h4H,2-3,9H2,1H3,(H,10,11). The van der Waals surface area contributed by atoms with Crippen LogP contribution in [-0.2, 0) is 4.79 Å². The van der Waals surface area contributed by atoms with E-state index in [0.29, 0.717) is 0 Å². The number of nitrogens with two attached hydrogens (primary N) is 1. The average molecular weight is 167 g/mol. The summed E-state index contributed by atoms with van der Waals surface area (Å²) in [5.41, 5.74) is 3.00. The Labute approximate surface area is 63.2 Å². The second kappa shape index (κ2) is 3.61. The van der Waals surface area contributed by atoms with Gasteiger partial charge in [0.15, 0.2) is 0 Å². The first kappa shape index (κ1) is 10.3.